The zero-order chi connectivity index (χ0) is 12.1. The van der Waals surface area contributed by atoms with Crippen molar-refractivity contribution in [2.75, 3.05) is 7.11 Å². The Morgan fingerprint density at radius 1 is 1.50 bits per heavy atom. The zero-order valence-corrected chi connectivity index (χ0v) is 10.4. The lowest BCUT2D eigenvalue weighted by molar-refractivity contribution is -0.144. The summed E-state index contributed by atoms with van der Waals surface area (Å²) in [5.41, 5.74) is 0. The van der Waals surface area contributed by atoms with Crippen LogP contribution in [0.5, 0.6) is 0 Å². The topological polar surface area (TPSA) is 58.6 Å². The van der Waals surface area contributed by atoms with E-state index in [-0.39, 0.29) is 24.2 Å². The van der Waals surface area contributed by atoms with Gasteiger partial charge in [-0.05, 0) is 31.6 Å². The summed E-state index contributed by atoms with van der Waals surface area (Å²) in [6, 6.07) is -0.245. The fourth-order valence-electron chi connectivity index (χ4n) is 2.24. The first-order chi connectivity index (χ1) is 7.54. The van der Waals surface area contributed by atoms with Gasteiger partial charge in [0.1, 0.15) is 6.04 Å². The Morgan fingerprint density at radius 2 is 2.19 bits per heavy atom. The number of rotatable bonds is 5. The molecule has 4 nitrogen and oxygen atoms in total. The highest BCUT2D eigenvalue weighted by Gasteiger charge is 2.30. The number of methoxy groups -OCH3 is 1. The van der Waals surface area contributed by atoms with E-state index in [4.69, 9.17) is 4.74 Å². The van der Waals surface area contributed by atoms with Crippen molar-refractivity contribution in [3.63, 3.8) is 0 Å². The first-order valence-electron chi connectivity index (χ1n) is 6.06. The SMILES string of the molecule is COC(=O)C(CC(C)C)N[C@H]1CCC[C@@H]1O. The van der Waals surface area contributed by atoms with E-state index in [1.54, 1.807) is 0 Å². The lowest BCUT2D eigenvalue weighted by Crippen LogP contribution is -2.47. The number of carbonyl (C=O) groups excluding carboxylic acids is 1. The van der Waals surface area contributed by atoms with Crippen molar-refractivity contribution in [1.29, 1.82) is 0 Å². The normalized spacial score (nSPS) is 27.1. The number of carbonyl (C=O) groups is 1. The van der Waals surface area contributed by atoms with Crippen LogP contribution in [0.25, 0.3) is 0 Å². The number of esters is 1. The molecule has 1 rings (SSSR count). The predicted molar refractivity (Wildman–Crippen MR) is 62.0 cm³/mol. The molecule has 0 aromatic heterocycles. The van der Waals surface area contributed by atoms with E-state index in [1.165, 1.54) is 7.11 Å². The highest BCUT2D eigenvalue weighted by atomic mass is 16.5. The second-order valence-corrected chi connectivity index (χ2v) is 4.98. The van der Waals surface area contributed by atoms with Gasteiger partial charge in [0.25, 0.3) is 0 Å². The molecule has 2 N–H and O–H groups in total. The Hall–Kier alpha value is -0.610. The Bertz CT molecular complexity index is 230. The second-order valence-electron chi connectivity index (χ2n) is 4.98. The fraction of sp³-hybridized carbons (Fsp3) is 0.917. The van der Waals surface area contributed by atoms with Crippen LogP contribution >= 0.6 is 0 Å². The van der Waals surface area contributed by atoms with Crippen molar-refractivity contribution in [2.45, 2.75) is 57.7 Å². The van der Waals surface area contributed by atoms with E-state index in [1.807, 2.05) is 0 Å². The third kappa shape index (κ3) is 3.76. The molecule has 94 valence electrons. The van der Waals surface area contributed by atoms with Crippen LogP contribution in [0.4, 0.5) is 0 Å². The summed E-state index contributed by atoms with van der Waals surface area (Å²) in [6.45, 7) is 4.14. The van der Waals surface area contributed by atoms with Crippen LogP contribution in [0.3, 0.4) is 0 Å². The molecule has 0 saturated heterocycles. The van der Waals surface area contributed by atoms with Crippen molar-refractivity contribution in [2.24, 2.45) is 5.92 Å². The number of aliphatic hydroxyl groups is 1. The third-order valence-electron chi connectivity index (χ3n) is 3.09. The smallest absolute Gasteiger partial charge is 0.322 e. The molecule has 1 aliphatic rings. The molecule has 1 saturated carbocycles. The summed E-state index contributed by atoms with van der Waals surface area (Å²) >= 11 is 0. The molecule has 0 aliphatic heterocycles. The van der Waals surface area contributed by atoms with Crippen LogP contribution in [0.1, 0.15) is 39.5 Å². The average Bonchev–Trinajstić information content (AvgIpc) is 2.61. The lowest BCUT2D eigenvalue weighted by atomic mass is 10.0. The summed E-state index contributed by atoms with van der Waals surface area (Å²) in [6.07, 6.45) is 3.21. The van der Waals surface area contributed by atoms with Gasteiger partial charge in [-0.2, -0.15) is 0 Å². The summed E-state index contributed by atoms with van der Waals surface area (Å²) in [5, 5.41) is 12.9. The minimum atomic E-state index is -0.320. The third-order valence-corrected chi connectivity index (χ3v) is 3.09. The van der Waals surface area contributed by atoms with Gasteiger partial charge in [-0.15, -0.1) is 0 Å². The van der Waals surface area contributed by atoms with E-state index < -0.39 is 0 Å². The van der Waals surface area contributed by atoms with Gasteiger partial charge in [0.2, 0.25) is 0 Å². The average molecular weight is 229 g/mol. The van der Waals surface area contributed by atoms with Gasteiger partial charge in [0.15, 0.2) is 0 Å². The van der Waals surface area contributed by atoms with Gasteiger partial charge in [-0.3, -0.25) is 10.1 Å². The maximum Gasteiger partial charge on any atom is 0.322 e. The summed E-state index contributed by atoms with van der Waals surface area (Å²) in [5.74, 6) is 0.197. The minimum absolute atomic E-state index is 0.0443. The van der Waals surface area contributed by atoms with Crippen LogP contribution in [0.2, 0.25) is 0 Å². The maximum absolute atomic E-state index is 11.6. The molecule has 4 heteroatoms. The summed E-state index contributed by atoms with van der Waals surface area (Å²) in [7, 11) is 1.41. The van der Waals surface area contributed by atoms with Crippen molar-refractivity contribution < 1.29 is 14.6 Å². The Kier molecular flexibility index (Phi) is 5.22. The van der Waals surface area contributed by atoms with Crippen LogP contribution in [-0.2, 0) is 9.53 Å². The largest absolute Gasteiger partial charge is 0.468 e. The molecule has 3 atom stereocenters. The molecular formula is C12H23NO3. The van der Waals surface area contributed by atoms with E-state index in [0.29, 0.717) is 5.92 Å². The number of aliphatic hydroxyl groups excluding tert-OH is 1. The highest BCUT2D eigenvalue weighted by Crippen LogP contribution is 2.20. The molecule has 0 aromatic rings. The Morgan fingerprint density at radius 3 is 2.62 bits per heavy atom. The van der Waals surface area contributed by atoms with Gasteiger partial charge < -0.3 is 9.84 Å². The standard InChI is InChI=1S/C12H23NO3/c1-8(2)7-10(12(15)16-3)13-9-5-4-6-11(9)14/h8-11,13-14H,4-7H2,1-3H3/t9-,10?,11-/m0/s1. The van der Waals surface area contributed by atoms with Gasteiger partial charge in [0, 0.05) is 6.04 Å². The molecule has 0 bridgehead atoms. The molecule has 0 spiro atoms. The summed E-state index contributed by atoms with van der Waals surface area (Å²) in [4.78, 5) is 11.6. The number of hydrogen-bond acceptors (Lipinski definition) is 4. The van der Waals surface area contributed by atoms with E-state index in [0.717, 1.165) is 25.7 Å². The number of nitrogens with one attached hydrogen (secondary N) is 1. The molecule has 1 fully saturated rings. The van der Waals surface area contributed by atoms with Crippen LogP contribution < -0.4 is 5.32 Å². The molecule has 0 radical (unpaired) electrons. The molecule has 0 aromatic carbocycles. The number of ether oxygens (including phenoxy) is 1. The Balaban J connectivity index is 2.52. The quantitative estimate of drug-likeness (QED) is 0.693. The van der Waals surface area contributed by atoms with Crippen molar-refractivity contribution >= 4 is 5.97 Å². The summed E-state index contributed by atoms with van der Waals surface area (Å²) < 4.78 is 4.78. The van der Waals surface area contributed by atoms with Crippen molar-refractivity contribution in [3.05, 3.63) is 0 Å². The first-order valence-corrected chi connectivity index (χ1v) is 6.06. The highest BCUT2D eigenvalue weighted by molar-refractivity contribution is 5.75. The van der Waals surface area contributed by atoms with Gasteiger partial charge in [0.05, 0.1) is 13.2 Å². The Labute approximate surface area is 97.4 Å². The molecular weight excluding hydrogens is 206 g/mol. The van der Waals surface area contributed by atoms with Gasteiger partial charge >= 0.3 is 5.97 Å². The van der Waals surface area contributed by atoms with E-state index in [2.05, 4.69) is 19.2 Å². The van der Waals surface area contributed by atoms with Gasteiger partial charge in [-0.1, -0.05) is 13.8 Å². The monoisotopic (exact) mass is 229 g/mol. The van der Waals surface area contributed by atoms with E-state index in [9.17, 15) is 9.90 Å². The maximum atomic E-state index is 11.6. The molecule has 1 aliphatic carbocycles. The van der Waals surface area contributed by atoms with Crippen molar-refractivity contribution in [3.8, 4) is 0 Å². The first kappa shape index (κ1) is 13.5. The fourth-order valence-corrected chi connectivity index (χ4v) is 2.24. The van der Waals surface area contributed by atoms with E-state index >= 15 is 0 Å². The molecule has 0 heterocycles. The zero-order valence-electron chi connectivity index (χ0n) is 10.4. The van der Waals surface area contributed by atoms with Crippen LogP contribution in [-0.4, -0.2) is 36.4 Å². The van der Waals surface area contributed by atoms with Crippen LogP contribution in [0.15, 0.2) is 0 Å². The lowest BCUT2D eigenvalue weighted by Gasteiger charge is -2.24. The molecule has 1 unspecified atom stereocenters. The van der Waals surface area contributed by atoms with Crippen LogP contribution in [0, 0.1) is 5.92 Å². The predicted octanol–water partition coefficient (Wildman–Crippen LogP) is 1.08. The molecule has 0 amide bonds. The second kappa shape index (κ2) is 6.21. The number of hydrogen-bond donors (Lipinski definition) is 2. The molecule has 16 heavy (non-hydrogen) atoms. The van der Waals surface area contributed by atoms with Crippen molar-refractivity contribution in [1.82, 2.24) is 5.32 Å². The minimum Gasteiger partial charge on any atom is -0.468 e. The van der Waals surface area contributed by atoms with Gasteiger partial charge in [-0.25, -0.2) is 0 Å².